The lowest BCUT2D eigenvalue weighted by Gasteiger charge is -1.88. The SMILES string of the molecule is CC(S)C(=O)O.N=C(N)N. The molecule has 6 heteroatoms. The van der Waals surface area contributed by atoms with Gasteiger partial charge in [0.15, 0.2) is 5.96 Å². The lowest BCUT2D eigenvalue weighted by atomic mass is 10.5. The first-order chi connectivity index (χ1) is 4.37. The first kappa shape index (κ1) is 11.8. The molecule has 0 amide bonds. The number of carboxylic acid groups (broad SMARTS) is 1. The summed E-state index contributed by atoms with van der Waals surface area (Å²) >= 11 is 3.59. The maximum Gasteiger partial charge on any atom is 0.316 e. The summed E-state index contributed by atoms with van der Waals surface area (Å²) in [5, 5.41) is 13.4. The molecule has 10 heavy (non-hydrogen) atoms. The lowest BCUT2D eigenvalue weighted by Crippen LogP contribution is -2.20. The number of nitrogens with two attached hydrogens (primary N) is 2. The number of nitrogens with one attached hydrogen (secondary N) is 1. The summed E-state index contributed by atoms with van der Waals surface area (Å²) in [6.45, 7) is 1.51. The molecule has 0 saturated carbocycles. The molecule has 0 aromatic rings. The Morgan fingerprint density at radius 3 is 1.80 bits per heavy atom. The highest BCUT2D eigenvalue weighted by Crippen LogP contribution is 1.88. The van der Waals surface area contributed by atoms with E-state index in [-0.39, 0.29) is 5.96 Å². The lowest BCUT2D eigenvalue weighted by molar-refractivity contribution is -0.136. The summed E-state index contributed by atoms with van der Waals surface area (Å²) in [6.07, 6.45) is 0. The fraction of sp³-hybridized carbons (Fsp3) is 0.500. The number of carbonyl (C=O) groups is 1. The number of carboxylic acids is 1. The molecule has 0 spiro atoms. The summed E-state index contributed by atoms with van der Waals surface area (Å²) in [5.41, 5.74) is 8.94. The fourth-order valence-corrected chi connectivity index (χ4v) is 0. The van der Waals surface area contributed by atoms with Crippen molar-refractivity contribution in [2.75, 3.05) is 0 Å². The zero-order chi connectivity index (χ0) is 8.73. The predicted octanol–water partition coefficient (Wildman–Crippen LogP) is -0.772. The number of rotatable bonds is 1. The Balaban J connectivity index is 0. The summed E-state index contributed by atoms with van der Waals surface area (Å²) < 4.78 is 0. The molecule has 0 aliphatic rings. The van der Waals surface area contributed by atoms with Gasteiger partial charge in [0.1, 0.15) is 0 Å². The van der Waals surface area contributed by atoms with Crippen LogP contribution in [0.15, 0.2) is 0 Å². The molecule has 0 radical (unpaired) electrons. The topological polar surface area (TPSA) is 113 Å². The third-order valence-electron chi connectivity index (χ3n) is 0.357. The molecule has 0 saturated heterocycles. The highest BCUT2D eigenvalue weighted by molar-refractivity contribution is 7.81. The van der Waals surface area contributed by atoms with Crippen molar-refractivity contribution in [3.05, 3.63) is 0 Å². The van der Waals surface area contributed by atoms with E-state index in [2.05, 4.69) is 24.1 Å². The van der Waals surface area contributed by atoms with Crippen LogP contribution in [0.3, 0.4) is 0 Å². The predicted molar refractivity (Wildman–Crippen MR) is 42.2 cm³/mol. The summed E-state index contributed by atoms with van der Waals surface area (Å²) in [4.78, 5) is 9.62. The van der Waals surface area contributed by atoms with Crippen molar-refractivity contribution in [2.24, 2.45) is 11.5 Å². The van der Waals surface area contributed by atoms with Crippen LogP contribution in [0, 0.1) is 5.41 Å². The molecule has 0 fully saturated rings. The van der Waals surface area contributed by atoms with E-state index in [1.165, 1.54) is 6.92 Å². The molecule has 0 rings (SSSR count). The third-order valence-corrected chi connectivity index (χ3v) is 0.578. The Morgan fingerprint density at radius 2 is 1.80 bits per heavy atom. The van der Waals surface area contributed by atoms with Gasteiger partial charge in [-0.05, 0) is 6.92 Å². The van der Waals surface area contributed by atoms with Gasteiger partial charge in [-0.15, -0.1) is 0 Å². The average Bonchev–Trinajstić information content (AvgIpc) is 1.63. The molecular formula is C4H11N3O2S. The number of aliphatic carboxylic acids is 1. The number of hydrogen-bond donors (Lipinski definition) is 5. The minimum atomic E-state index is -0.877. The van der Waals surface area contributed by atoms with Gasteiger partial charge in [-0.25, -0.2) is 0 Å². The van der Waals surface area contributed by atoms with E-state index in [1.807, 2.05) is 0 Å². The van der Waals surface area contributed by atoms with Gasteiger partial charge in [-0.1, -0.05) is 0 Å². The smallest absolute Gasteiger partial charge is 0.316 e. The van der Waals surface area contributed by atoms with Gasteiger partial charge in [0.05, 0.1) is 5.25 Å². The first-order valence-corrected chi connectivity index (χ1v) is 2.90. The number of thiol groups is 1. The van der Waals surface area contributed by atoms with Crippen LogP contribution in [0.1, 0.15) is 6.92 Å². The molecule has 0 aromatic carbocycles. The maximum absolute atomic E-state index is 9.62. The zero-order valence-corrected chi connectivity index (χ0v) is 6.43. The minimum Gasteiger partial charge on any atom is -0.480 e. The van der Waals surface area contributed by atoms with Crippen molar-refractivity contribution in [2.45, 2.75) is 12.2 Å². The van der Waals surface area contributed by atoms with Crippen LogP contribution in [0.2, 0.25) is 0 Å². The van der Waals surface area contributed by atoms with Crippen molar-refractivity contribution in [3.8, 4) is 0 Å². The quantitative estimate of drug-likeness (QED) is 0.199. The van der Waals surface area contributed by atoms with E-state index < -0.39 is 11.2 Å². The number of guanidine groups is 1. The van der Waals surface area contributed by atoms with Gasteiger partial charge < -0.3 is 16.6 Å². The second kappa shape index (κ2) is 6.21. The van der Waals surface area contributed by atoms with E-state index >= 15 is 0 Å². The Labute approximate surface area is 64.3 Å². The van der Waals surface area contributed by atoms with Crippen LogP contribution in [-0.4, -0.2) is 22.3 Å². The van der Waals surface area contributed by atoms with E-state index in [1.54, 1.807) is 0 Å². The van der Waals surface area contributed by atoms with Crippen molar-refractivity contribution in [3.63, 3.8) is 0 Å². The molecule has 6 N–H and O–H groups in total. The standard InChI is InChI=1S/C3H6O2S.CH5N3/c1-2(6)3(4)5;2-1(3)4/h2,6H,1H3,(H,4,5);(H5,2,3,4). The largest absolute Gasteiger partial charge is 0.480 e. The van der Waals surface area contributed by atoms with E-state index in [4.69, 9.17) is 10.5 Å². The van der Waals surface area contributed by atoms with Gasteiger partial charge in [-0.3, -0.25) is 10.2 Å². The van der Waals surface area contributed by atoms with Crippen LogP contribution in [-0.2, 0) is 4.79 Å². The molecule has 0 aromatic heterocycles. The third kappa shape index (κ3) is 27.5. The molecule has 1 unspecified atom stereocenters. The molecule has 60 valence electrons. The van der Waals surface area contributed by atoms with Crippen LogP contribution >= 0.6 is 12.6 Å². The van der Waals surface area contributed by atoms with Gasteiger partial charge >= 0.3 is 5.97 Å². The molecule has 0 aliphatic carbocycles. The van der Waals surface area contributed by atoms with Crippen molar-refractivity contribution < 1.29 is 9.90 Å². The van der Waals surface area contributed by atoms with Crippen molar-refractivity contribution in [1.82, 2.24) is 0 Å². The van der Waals surface area contributed by atoms with Crippen molar-refractivity contribution in [1.29, 1.82) is 5.41 Å². The molecule has 5 nitrogen and oxygen atoms in total. The summed E-state index contributed by atoms with van der Waals surface area (Å²) in [7, 11) is 0. The van der Waals surface area contributed by atoms with Gasteiger partial charge in [0, 0.05) is 0 Å². The first-order valence-electron chi connectivity index (χ1n) is 2.38. The van der Waals surface area contributed by atoms with Crippen LogP contribution in [0.5, 0.6) is 0 Å². The van der Waals surface area contributed by atoms with Gasteiger partial charge in [-0.2, -0.15) is 12.6 Å². The van der Waals surface area contributed by atoms with Gasteiger partial charge in [0.2, 0.25) is 0 Å². The van der Waals surface area contributed by atoms with E-state index in [0.717, 1.165) is 0 Å². The Hall–Kier alpha value is -0.910. The summed E-state index contributed by atoms with van der Waals surface area (Å²) in [6, 6.07) is 0. The van der Waals surface area contributed by atoms with E-state index in [0.29, 0.717) is 0 Å². The molecule has 0 heterocycles. The van der Waals surface area contributed by atoms with Crippen LogP contribution < -0.4 is 11.5 Å². The Kier molecular flexibility index (Phi) is 7.35. The van der Waals surface area contributed by atoms with E-state index in [9.17, 15) is 4.79 Å². The van der Waals surface area contributed by atoms with Crippen molar-refractivity contribution >= 4 is 24.6 Å². The molecule has 1 atom stereocenters. The maximum atomic E-state index is 9.62. The summed E-state index contributed by atoms with van der Waals surface area (Å²) in [5.74, 6) is -1.21. The average molecular weight is 165 g/mol. The van der Waals surface area contributed by atoms with Crippen LogP contribution in [0.25, 0.3) is 0 Å². The monoisotopic (exact) mass is 165 g/mol. The minimum absolute atomic E-state index is 0.333. The Bertz CT molecular complexity index is 122. The second-order valence-electron chi connectivity index (χ2n) is 1.47. The zero-order valence-electron chi connectivity index (χ0n) is 5.53. The highest BCUT2D eigenvalue weighted by Gasteiger charge is 2.00. The molecule has 0 bridgehead atoms. The van der Waals surface area contributed by atoms with Gasteiger partial charge in [0.25, 0.3) is 0 Å². The molecule has 0 aliphatic heterocycles. The fourth-order valence-electron chi connectivity index (χ4n) is 0. The normalized spacial score (nSPS) is 10.6. The second-order valence-corrected chi connectivity index (χ2v) is 2.24. The van der Waals surface area contributed by atoms with Crippen LogP contribution in [0.4, 0.5) is 0 Å². The number of hydrogen-bond acceptors (Lipinski definition) is 3. The molecular weight excluding hydrogens is 154 g/mol. The highest BCUT2D eigenvalue weighted by atomic mass is 32.1. The Morgan fingerprint density at radius 1 is 1.70 bits per heavy atom.